The SMILES string of the molecule is Cc1cn(-c2ccc(Br)cc2C(F)(F)F)nc1C(=O)O. The summed E-state index contributed by atoms with van der Waals surface area (Å²) < 4.78 is 40.2. The van der Waals surface area contributed by atoms with Crippen LogP contribution in [0.5, 0.6) is 0 Å². The number of halogens is 4. The second-order valence-electron chi connectivity index (χ2n) is 4.07. The predicted octanol–water partition coefficient (Wildman–Crippen LogP) is 3.66. The van der Waals surface area contributed by atoms with Crippen LogP contribution in [0.25, 0.3) is 5.69 Å². The van der Waals surface area contributed by atoms with E-state index in [0.29, 0.717) is 0 Å². The third-order valence-electron chi connectivity index (χ3n) is 2.61. The molecule has 0 atom stereocenters. The van der Waals surface area contributed by atoms with E-state index in [1.807, 2.05) is 0 Å². The van der Waals surface area contributed by atoms with Gasteiger partial charge in [-0.15, -0.1) is 0 Å². The van der Waals surface area contributed by atoms with Gasteiger partial charge in [0.2, 0.25) is 0 Å². The molecule has 1 heterocycles. The molecule has 8 heteroatoms. The Morgan fingerprint density at radius 2 is 2.05 bits per heavy atom. The van der Waals surface area contributed by atoms with Crippen molar-refractivity contribution in [1.82, 2.24) is 9.78 Å². The fourth-order valence-corrected chi connectivity index (χ4v) is 2.09. The maximum Gasteiger partial charge on any atom is 0.418 e. The van der Waals surface area contributed by atoms with E-state index in [-0.39, 0.29) is 21.4 Å². The summed E-state index contributed by atoms with van der Waals surface area (Å²) in [6.07, 6.45) is -3.32. The minimum absolute atomic E-state index is 0.226. The first-order chi connectivity index (χ1) is 9.20. The van der Waals surface area contributed by atoms with Gasteiger partial charge >= 0.3 is 12.1 Å². The summed E-state index contributed by atoms with van der Waals surface area (Å²) in [5.74, 6) is -1.29. The van der Waals surface area contributed by atoms with Gasteiger partial charge in [0.1, 0.15) is 0 Å². The number of aryl methyl sites for hydroxylation is 1. The van der Waals surface area contributed by atoms with E-state index < -0.39 is 17.7 Å². The lowest BCUT2D eigenvalue weighted by atomic mass is 10.1. The van der Waals surface area contributed by atoms with Crippen molar-refractivity contribution in [1.29, 1.82) is 0 Å². The summed E-state index contributed by atoms with van der Waals surface area (Å²) in [5.41, 5.74) is -1.11. The molecule has 4 nitrogen and oxygen atoms in total. The Balaban J connectivity index is 2.64. The molecular formula is C12H8BrF3N2O2. The first-order valence-electron chi connectivity index (χ1n) is 5.37. The van der Waals surface area contributed by atoms with Crippen LogP contribution in [0.4, 0.5) is 13.2 Å². The van der Waals surface area contributed by atoms with E-state index in [2.05, 4.69) is 21.0 Å². The summed E-state index contributed by atoms with van der Waals surface area (Å²) in [4.78, 5) is 10.9. The third kappa shape index (κ3) is 2.69. The Labute approximate surface area is 120 Å². The number of carbonyl (C=O) groups is 1. The van der Waals surface area contributed by atoms with Gasteiger partial charge in [0.15, 0.2) is 5.69 Å². The Morgan fingerprint density at radius 3 is 2.55 bits per heavy atom. The molecular weight excluding hydrogens is 341 g/mol. The predicted molar refractivity (Wildman–Crippen MR) is 68.0 cm³/mol. The summed E-state index contributed by atoms with van der Waals surface area (Å²) in [6, 6.07) is 3.58. The Kier molecular flexibility index (Phi) is 3.59. The van der Waals surface area contributed by atoms with Crippen molar-refractivity contribution < 1.29 is 23.1 Å². The average Bonchev–Trinajstić information content (AvgIpc) is 2.70. The number of rotatable bonds is 2. The average molecular weight is 349 g/mol. The first-order valence-corrected chi connectivity index (χ1v) is 6.16. The van der Waals surface area contributed by atoms with Gasteiger partial charge in [0.05, 0.1) is 11.3 Å². The quantitative estimate of drug-likeness (QED) is 0.900. The van der Waals surface area contributed by atoms with Crippen molar-refractivity contribution in [3.05, 3.63) is 45.7 Å². The van der Waals surface area contributed by atoms with Gasteiger partial charge in [-0.1, -0.05) is 15.9 Å². The molecule has 106 valence electrons. The minimum Gasteiger partial charge on any atom is -0.476 e. The number of hydrogen-bond donors (Lipinski definition) is 1. The van der Waals surface area contributed by atoms with Crippen LogP contribution < -0.4 is 0 Å². The van der Waals surface area contributed by atoms with Crippen LogP contribution in [0, 0.1) is 6.92 Å². The molecule has 0 unspecified atom stereocenters. The van der Waals surface area contributed by atoms with Gasteiger partial charge in [-0.05, 0) is 25.1 Å². The molecule has 1 aromatic carbocycles. The number of benzene rings is 1. The van der Waals surface area contributed by atoms with Gasteiger partial charge in [-0.3, -0.25) is 0 Å². The zero-order chi connectivity index (χ0) is 15.1. The molecule has 0 bridgehead atoms. The highest BCUT2D eigenvalue weighted by Crippen LogP contribution is 2.35. The highest BCUT2D eigenvalue weighted by Gasteiger charge is 2.34. The van der Waals surface area contributed by atoms with Crippen molar-refractivity contribution in [3.8, 4) is 5.69 Å². The number of carboxylic acid groups (broad SMARTS) is 1. The van der Waals surface area contributed by atoms with Crippen molar-refractivity contribution in [2.24, 2.45) is 0 Å². The Bertz CT molecular complexity index is 680. The third-order valence-corrected chi connectivity index (χ3v) is 3.10. The first kappa shape index (κ1) is 14.6. The molecule has 1 aromatic heterocycles. The number of alkyl halides is 3. The molecule has 0 aliphatic rings. The van der Waals surface area contributed by atoms with Crippen LogP contribution in [-0.2, 0) is 6.18 Å². The summed E-state index contributed by atoms with van der Waals surface area (Å²) in [5, 5.41) is 12.6. The van der Waals surface area contributed by atoms with Crippen LogP contribution in [0.15, 0.2) is 28.9 Å². The summed E-state index contributed by atoms with van der Waals surface area (Å²) in [7, 11) is 0. The van der Waals surface area contributed by atoms with Crippen molar-refractivity contribution in [2.45, 2.75) is 13.1 Å². The number of nitrogens with zero attached hydrogens (tertiary/aromatic N) is 2. The zero-order valence-corrected chi connectivity index (χ0v) is 11.7. The molecule has 0 saturated heterocycles. The molecule has 2 aromatic rings. The largest absolute Gasteiger partial charge is 0.476 e. The second kappa shape index (κ2) is 4.93. The number of hydrogen-bond acceptors (Lipinski definition) is 2. The lowest BCUT2D eigenvalue weighted by Crippen LogP contribution is -2.11. The zero-order valence-electron chi connectivity index (χ0n) is 10.1. The highest BCUT2D eigenvalue weighted by molar-refractivity contribution is 9.10. The minimum atomic E-state index is -4.57. The van der Waals surface area contributed by atoms with Crippen LogP contribution >= 0.6 is 15.9 Å². The molecule has 0 saturated carbocycles. The van der Waals surface area contributed by atoms with E-state index in [9.17, 15) is 18.0 Å². The van der Waals surface area contributed by atoms with E-state index in [1.165, 1.54) is 25.3 Å². The number of aromatic nitrogens is 2. The fourth-order valence-electron chi connectivity index (χ4n) is 1.73. The molecule has 0 spiro atoms. The van der Waals surface area contributed by atoms with Crippen LogP contribution in [0.2, 0.25) is 0 Å². The molecule has 0 aliphatic carbocycles. The second-order valence-corrected chi connectivity index (χ2v) is 4.99. The van der Waals surface area contributed by atoms with Gasteiger partial charge < -0.3 is 5.11 Å². The molecule has 0 fully saturated rings. The van der Waals surface area contributed by atoms with Crippen LogP contribution in [0.1, 0.15) is 21.6 Å². The normalized spacial score (nSPS) is 11.7. The van der Waals surface area contributed by atoms with Crippen LogP contribution in [0.3, 0.4) is 0 Å². The fraction of sp³-hybridized carbons (Fsp3) is 0.167. The highest BCUT2D eigenvalue weighted by atomic mass is 79.9. The smallest absolute Gasteiger partial charge is 0.418 e. The molecule has 0 aliphatic heterocycles. The summed E-state index contributed by atoms with van der Waals surface area (Å²) in [6.45, 7) is 1.47. The van der Waals surface area contributed by atoms with E-state index in [0.717, 1.165) is 10.7 Å². The summed E-state index contributed by atoms with van der Waals surface area (Å²) >= 11 is 2.98. The molecule has 0 radical (unpaired) electrons. The Hall–Kier alpha value is -1.83. The maximum atomic E-state index is 13.0. The lowest BCUT2D eigenvalue weighted by Gasteiger charge is -2.13. The molecule has 0 amide bonds. The Morgan fingerprint density at radius 1 is 1.40 bits per heavy atom. The van der Waals surface area contributed by atoms with E-state index in [4.69, 9.17) is 5.11 Å². The molecule has 1 N–H and O–H groups in total. The topological polar surface area (TPSA) is 55.1 Å². The monoisotopic (exact) mass is 348 g/mol. The number of carboxylic acids is 1. The standard InChI is InChI=1S/C12H8BrF3N2O2/c1-6-5-18(17-10(6)11(19)20)9-3-2-7(13)4-8(9)12(14,15)16/h2-5H,1H3,(H,19,20). The number of aromatic carboxylic acids is 1. The lowest BCUT2D eigenvalue weighted by molar-refractivity contribution is -0.137. The van der Waals surface area contributed by atoms with Gasteiger partial charge in [-0.25, -0.2) is 9.48 Å². The van der Waals surface area contributed by atoms with E-state index in [1.54, 1.807) is 0 Å². The van der Waals surface area contributed by atoms with Gasteiger partial charge in [0.25, 0.3) is 0 Å². The van der Waals surface area contributed by atoms with Crippen molar-refractivity contribution in [2.75, 3.05) is 0 Å². The van der Waals surface area contributed by atoms with Gasteiger partial charge in [0, 0.05) is 16.2 Å². The molecule has 2 rings (SSSR count). The maximum absolute atomic E-state index is 13.0. The van der Waals surface area contributed by atoms with Crippen molar-refractivity contribution >= 4 is 21.9 Å². The van der Waals surface area contributed by atoms with Gasteiger partial charge in [-0.2, -0.15) is 18.3 Å². The van der Waals surface area contributed by atoms with E-state index >= 15 is 0 Å². The van der Waals surface area contributed by atoms with Crippen molar-refractivity contribution in [3.63, 3.8) is 0 Å². The van der Waals surface area contributed by atoms with Crippen LogP contribution in [-0.4, -0.2) is 20.9 Å². The molecule has 20 heavy (non-hydrogen) atoms.